The fraction of sp³-hybridized carbons (Fsp3) is 0.333. The highest BCUT2D eigenvalue weighted by molar-refractivity contribution is 7.13. The summed E-state index contributed by atoms with van der Waals surface area (Å²) in [6.45, 7) is 2.36. The van der Waals surface area contributed by atoms with E-state index in [9.17, 15) is 4.79 Å². The number of carbonyl (C=O) groups is 1. The molecule has 1 spiro atoms. The van der Waals surface area contributed by atoms with Crippen molar-refractivity contribution in [3.63, 3.8) is 0 Å². The van der Waals surface area contributed by atoms with Crippen LogP contribution in [0.4, 0.5) is 0 Å². The molecule has 3 aromatic rings. The Morgan fingerprint density at radius 3 is 2.50 bits per heavy atom. The van der Waals surface area contributed by atoms with E-state index in [0.29, 0.717) is 60.6 Å². The summed E-state index contributed by atoms with van der Waals surface area (Å²) in [4.78, 5) is 16.3. The quantitative estimate of drug-likeness (QED) is 0.554. The van der Waals surface area contributed by atoms with Gasteiger partial charge >= 0.3 is 0 Å². The molecule has 9 heteroatoms. The number of likely N-dealkylation sites (tertiary alicyclic amines) is 1. The average molecular weight is 464 g/mol. The van der Waals surface area contributed by atoms with Gasteiger partial charge in [-0.3, -0.25) is 4.79 Å². The second-order valence-electron chi connectivity index (χ2n) is 7.30. The van der Waals surface area contributed by atoms with Crippen molar-refractivity contribution in [2.24, 2.45) is 0 Å². The third kappa shape index (κ3) is 3.65. The van der Waals surface area contributed by atoms with Gasteiger partial charge in [0.1, 0.15) is 11.4 Å². The molecule has 2 aromatic heterocycles. The molecule has 0 aliphatic carbocycles. The SMILES string of the molecule is O=C(c1cc(-c2cccs2)nn1-c1ccc(Cl)c(Cl)c1)N1CCC2(CC1)OCCO2. The van der Waals surface area contributed by atoms with Crippen LogP contribution in [0.1, 0.15) is 23.3 Å². The number of thiophene rings is 1. The van der Waals surface area contributed by atoms with Crippen molar-refractivity contribution in [3.05, 3.63) is 57.5 Å². The lowest BCUT2D eigenvalue weighted by atomic mass is 10.0. The smallest absolute Gasteiger partial charge is 0.272 e. The van der Waals surface area contributed by atoms with Crippen molar-refractivity contribution in [1.29, 1.82) is 0 Å². The van der Waals surface area contributed by atoms with Crippen LogP contribution in [0.25, 0.3) is 16.3 Å². The number of piperidine rings is 1. The summed E-state index contributed by atoms with van der Waals surface area (Å²) >= 11 is 13.9. The molecule has 2 aliphatic heterocycles. The molecule has 4 heterocycles. The van der Waals surface area contributed by atoms with Gasteiger partial charge in [0.15, 0.2) is 5.79 Å². The normalized spacial score (nSPS) is 18.3. The maximum Gasteiger partial charge on any atom is 0.272 e. The van der Waals surface area contributed by atoms with Crippen LogP contribution >= 0.6 is 34.5 Å². The largest absolute Gasteiger partial charge is 0.347 e. The van der Waals surface area contributed by atoms with E-state index in [4.69, 9.17) is 37.8 Å². The maximum absolute atomic E-state index is 13.5. The number of benzene rings is 1. The molecular weight excluding hydrogens is 445 g/mol. The molecule has 0 radical (unpaired) electrons. The Labute approximate surface area is 187 Å². The summed E-state index contributed by atoms with van der Waals surface area (Å²) in [5.41, 5.74) is 1.92. The van der Waals surface area contributed by atoms with Gasteiger partial charge < -0.3 is 14.4 Å². The molecule has 1 amide bonds. The van der Waals surface area contributed by atoms with Crippen molar-refractivity contribution in [3.8, 4) is 16.3 Å². The minimum absolute atomic E-state index is 0.0794. The molecule has 0 atom stereocenters. The molecule has 2 fully saturated rings. The highest BCUT2D eigenvalue weighted by Crippen LogP contribution is 2.33. The minimum atomic E-state index is -0.525. The summed E-state index contributed by atoms with van der Waals surface area (Å²) in [6.07, 6.45) is 1.33. The minimum Gasteiger partial charge on any atom is -0.347 e. The lowest BCUT2D eigenvalue weighted by Crippen LogP contribution is -2.47. The summed E-state index contributed by atoms with van der Waals surface area (Å²) in [7, 11) is 0. The number of hydrogen-bond donors (Lipinski definition) is 0. The van der Waals surface area contributed by atoms with E-state index in [1.807, 2.05) is 34.5 Å². The molecule has 6 nitrogen and oxygen atoms in total. The lowest BCUT2D eigenvalue weighted by molar-refractivity contribution is -0.181. The molecule has 0 bridgehead atoms. The second-order valence-corrected chi connectivity index (χ2v) is 9.06. The van der Waals surface area contributed by atoms with Gasteiger partial charge in [-0.25, -0.2) is 4.68 Å². The Balaban J connectivity index is 1.48. The van der Waals surface area contributed by atoms with E-state index >= 15 is 0 Å². The highest BCUT2D eigenvalue weighted by atomic mass is 35.5. The highest BCUT2D eigenvalue weighted by Gasteiger charge is 2.41. The van der Waals surface area contributed by atoms with E-state index in [1.54, 1.807) is 28.2 Å². The van der Waals surface area contributed by atoms with Crippen molar-refractivity contribution in [2.75, 3.05) is 26.3 Å². The van der Waals surface area contributed by atoms with Gasteiger partial charge in [0.05, 0.1) is 33.8 Å². The standard InChI is InChI=1S/C21H19Cl2N3O3S/c22-15-4-3-14(12-16(15)23)26-18(13-17(24-26)19-2-1-11-30-19)20(27)25-7-5-21(6-8-25)28-9-10-29-21/h1-4,11-13H,5-10H2. The molecule has 156 valence electrons. The fourth-order valence-electron chi connectivity index (χ4n) is 3.89. The van der Waals surface area contributed by atoms with Gasteiger partial charge in [-0.05, 0) is 35.7 Å². The number of hydrogen-bond acceptors (Lipinski definition) is 5. The van der Waals surface area contributed by atoms with Gasteiger partial charge in [-0.15, -0.1) is 11.3 Å². The topological polar surface area (TPSA) is 56.6 Å². The van der Waals surface area contributed by atoms with Crippen LogP contribution in [-0.4, -0.2) is 52.7 Å². The predicted octanol–water partition coefficient (Wildman–Crippen LogP) is 4.89. The van der Waals surface area contributed by atoms with E-state index < -0.39 is 5.79 Å². The monoisotopic (exact) mass is 463 g/mol. The van der Waals surface area contributed by atoms with E-state index in [1.165, 1.54) is 0 Å². The van der Waals surface area contributed by atoms with Crippen LogP contribution in [0.3, 0.4) is 0 Å². The van der Waals surface area contributed by atoms with Gasteiger partial charge in [0.2, 0.25) is 0 Å². The molecule has 0 N–H and O–H groups in total. The first-order valence-electron chi connectivity index (χ1n) is 9.71. The van der Waals surface area contributed by atoms with Crippen molar-refractivity contribution in [2.45, 2.75) is 18.6 Å². The predicted molar refractivity (Wildman–Crippen MR) is 117 cm³/mol. The number of ether oxygens (including phenoxy) is 2. The van der Waals surface area contributed by atoms with Gasteiger partial charge in [0, 0.05) is 25.9 Å². The number of aromatic nitrogens is 2. The maximum atomic E-state index is 13.5. The number of rotatable bonds is 3. The Bertz CT molecular complexity index is 1070. The van der Waals surface area contributed by atoms with Gasteiger partial charge in [-0.2, -0.15) is 5.10 Å². The Morgan fingerprint density at radius 1 is 1.07 bits per heavy atom. The zero-order valence-electron chi connectivity index (χ0n) is 16.0. The van der Waals surface area contributed by atoms with Crippen molar-refractivity contribution >= 4 is 40.4 Å². The molecule has 2 aliphatic rings. The van der Waals surface area contributed by atoms with Crippen LogP contribution in [0.5, 0.6) is 0 Å². The molecule has 30 heavy (non-hydrogen) atoms. The molecule has 0 saturated carbocycles. The summed E-state index contributed by atoms with van der Waals surface area (Å²) in [5, 5.41) is 7.56. The summed E-state index contributed by atoms with van der Waals surface area (Å²) < 4.78 is 13.2. The Kier molecular flexibility index (Phi) is 5.33. The van der Waals surface area contributed by atoms with Crippen LogP contribution in [0.2, 0.25) is 10.0 Å². The number of amides is 1. The first-order chi connectivity index (χ1) is 14.5. The Morgan fingerprint density at radius 2 is 1.83 bits per heavy atom. The molecule has 5 rings (SSSR count). The summed E-state index contributed by atoms with van der Waals surface area (Å²) in [5.74, 6) is -0.604. The number of halogens is 2. The first-order valence-corrected chi connectivity index (χ1v) is 11.3. The number of nitrogens with zero attached hydrogens (tertiary/aromatic N) is 3. The molecule has 0 unspecified atom stereocenters. The zero-order valence-corrected chi connectivity index (χ0v) is 18.3. The van der Waals surface area contributed by atoms with Crippen LogP contribution < -0.4 is 0 Å². The zero-order chi connectivity index (χ0) is 20.7. The third-order valence-electron chi connectivity index (χ3n) is 5.48. The van der Waals surface area contributed by atoms with Crippen LogP contribution in [0, 0.1) is 0 Å². The second kappa shape index (κ2) is 7.98. The van der Waals surface area contributed by atoms with E-state index in [-0.39, 0.29) is 5.91 Å². The van der Waals surface area contributed by atoms with Crippen molar-refractivity contribution in [1.82, 2.24) is 14.7 Å². The van der Waals surface area contributed by atoms with E-state index in [0.717, 1.165) is 10.6 Å². The average Bonchev–Trinajstić information content (AvgIpc) is 3.51. The number of carbonyl (C=O) groups excluding carboxylic acids is 1. The fourth-order valence-corrected chi connectivity index (χ4v) is 4.86. The lowest BCUT2D eigenvalue weighted by Gasteiger charge is -2.37. The van der Waals surface area contributed by atoms with Gasteiger partial charge in [-0.1, -0.05) is 29.3 Å². The molecule has 2 saturated heterocycles. The van der Waals surface area contributed by atoms with Crippen LogP contribution in [0.15, 0.2) is 41.8 Å². The summed E-state index contributed by atoms with van der Waals surface area (Å²) in [6, 6.07) is 11.0. The Hall–Kier alpha value is -1.90. The molecular formula is C21H19Cl2N3O3S. The van der Waals surface area contributed by atoms with Crippen molar-refractivity contribution < 1.29 is 14.3 Å². The molecule has 1 aromatic carbocycles. The third-order valence-corrected chi connectivity index (χ3v) is 7.11. The van der Waals surface area contributed by atoms with Crippen LogP contribution in [-0.2, 0) is 9.47 Å². The van der Waals surface area contributed by atoms with E-state index in [2.05, 4.69) is 0 Å². The first kappa shape index (κ1) is 20.0. The van der Waals surface area contributed by atoms with Gasteiger partial charge in [0.25, 0.3) is 5.91 Å².